The number of benzene rings is 3. The summed E-state index contributed by atoms with van der Waals surface area (Å²) in [6.07, 6.45) is 2.64. The predicted octanol–water partition coefficient (Wildman–Crippen LogP) is 4.62. The third kappa shape index (κ3) is 4.90. The van der Waals surface area contributed by atoms with Crippen molar-refractivity contribution in [3.8, 4) is 5.75 Å². The molecule has 7 nitrogen and oxygen atoms in total. The molecule has 1 saturated heterocycles. The van der Waals surface area contributed by atoms with E-state index in [-0.39, 0.29) is 17.9 Å². The minimum absolute atomic E-state index is 0.113. The Labute approximate surface area is 223 Å². The average Bonchev–Trinajstić information content (AvgIpc) is 2.88. The zero-order chi connectivity index (χ0) is 26.9. The van der Waals surface area contributed by atoms with Crippen molar-refractivity contribution in [2.24, 2.45) is 0 Å². The van der Waals surface area contributed by atoms with Crippen LogP contribution in [0, 0.1) is 0 Å². The molecule has 0 radical (unpaired) electrons. The first-order valence-corrected chi connectivity index (χ1v) is 13.2. The number of ether oxygens (including phenoxy) is 2. The van der Waals surface area contributed by atoms with Gasteiger partial charge in [-0.25, -0.2) is 0 Å². The van der Waals surface area contributed by atoms with Crippen molar-refractivity contribution in [1.29, 1.82) is 0 Å². The predicted molar refractivity (Wildman–Crippen MR) is 145 cm³/mol. The molecule has 1 saturated carbocycles. The average molecular weight is 515 g/mol. The van der Waals surface area contributed by atoms with Gasteiger partial charge in [-0.3, -0.25) is 14.4 Å². The van der Waals surface area contributed by atoms with Crippen LogP contribution in [0.15, 0.2) is 66.7 Å². The van der Waals surface area contributed by atoms with Gasteiger partial charge in [0.25, 0.3) is 5.91 Å². The van der Waals surface area contributed by atoms with Gasteiger partial charge in [0.1, 0.15) is 11.4 Å². The fourth-order valence-electron chi connectivity index (χ4n) is 6.54. The lowest BCUT2D eigenvalue weighted by molar-refractivity contribution is -0.185. The van der Waals surface area contributed by atoms with Gasteiger partial charge >= 0.3 is 11.9 Å². The summed E-state index contributed by atoms with van der Waals surface area (Å²) in [5, 5.41) is 5.39. The zero-order valence-electron chi connectivity index (χ0n) is 22.2. The number of hydrogen-bond donors (Lipinski definition) is 1. The van der Waals surface area contributed by atoms with E-state index < -0.39 is 17.0 Å². The molecule has 1 amide bonds. The van der Waals surface area contributed by atoms with Crippen molar-refractivity contribution in [2.45, 2.75) is 56.6 Å². The van der Waals surface area contributed by atoms with E-state index in [2.05, 4.69) is 10.2 Å². The molecule has 0 bridgehead atoms. The van der Waals surface area contributed by atoms with Crippen LogP contribution in [0.3, 0.4) is 0 Å². The number of rotatable bonds is 5. The van der Waals surface area contributed by atoms with E-state index in [1.807, 2.05) is 67.7 Å². The Kier molecular flexibility index (Phi) is 6.97. The number of likely N-dealkylation sites (N-methyl/N-ethyl adjacent to an activating group) is 1. The van der Waals surface area contributed by atoms with Crippen LogP contribution < -0.4 is 10.1 Å². The number of fused-ring (bicyclic) bond motifs is 2. The minimum Gasteiger partial charge on any atom is -0.457 e. The molecule has 0 unspecified atom stereocenters. The third-order valence-corrected chi connectivity index (χ3v) is 8.14. The van der Waals surface area contributed by atoms with Gasteiger partial charge in [0.15, 0.2) is 0 Å². The quantitative estimate of drug-likeness (QED) is 0.395. The molecule has 198 valence electrons. The molecule has 7 heteroatoms. The Morgan fingerprint density at radius 1 is 0.921 bits per heavy atom. The molecule has 0 spiro atoms. The fraction of sp³-hybridized carbons (Fsp3) is 0.387. The van der Waals surface area contributed by atoms with E-state index in [4.69, 9.17) is 9.47 Å². The van der Waals surface area contributed by atoms with Crippen molar-refractivity contribution in [3.63, 3.8) is 0 Å². The highest BCUT2D eigenvalue weighted by molar-refractivity contribution is 5.98. The highest BCUT2D eigenvalue weighted by atomic mass is 16.6. The summed E-state index contributed by atoms with van der Waals surface area (Å²) in [5.41, 5.74) is 0.260. The van der Waals surface area contributed by atoms with Crippen LogP contribution in [0.1, 0.15) is 55.5 Å². The number of nitrogens with one attached hydrogen (secondary N) is 1. The van der Waals surface area contributed by atoms with Crippen LogP contribution in [-0.2, 0) is 19.7 Å². The summed E-state index contributed by atoms with van der Waals surface area (Å²) in [6, 6.07) is 21.1. The summed E-state index contributed by atoms with van der Waals surface area (Å²) in [4.78, 5) is 39.7. The normalized spacial score (nSPS) is 25.3. The molecule has 5 rings (SSSR count). The first-order valence-electron chi connectivity index (χ1n) is 13.2. The number of hydrogen-bond acceptors (Lipinski definition) is 6. The first kappa shape index (κ1) is 25.9. The molecule has 38 heavy (non-hydrogen) atoms. The van der Waals surface area contributed by atoms with Crippen molar-refractivity contribution < 1.29 is 23.9 Å². The summed E-state index contributed by atoms with van der Waals surface area (Å²) in [7, 11) is 2.04. The second-order valence-electron chi connectivity index (χ2n) is 10.8. The van der Waals surface area contributed by atoms with Gasteiger partial charge in [-0.15, -0.1) is 0 Å². The maximum Gasteiger partial charge on any atom is 0.308 e. The lowest BCUT2D eigenvalue weighted by Crippen LogP contribution is -2.68. The van der Waals surface area contributed by atoms with Gasteiger partial charge in [0, 0.05) is 37.4 Å². The molecule has 3 aromatic rings. The van der Waals surface area contributed by atoms with Gasteiger partial charge in [-0.1, -0.05) is 42.5 Å². The van der Waals surface area contributed by atoms with Crippen molar-refractivity contribution >= 4 is 28.6 Å². The molecule has 1 aliphatic heterocycles. The van der Waals surface area contributed by atoms with Crippen LogP contribution >= 0.6 is 0 Å². The molecule has 2 fully saturated rings. The van der Waals surface area contributed by atoms with Gasteiger partial charge < -0.3 is 19.7 Å². The van der Waals surface area contributed by atoms with Gasteiger partial charge in [0.2, 0.25) is 0 Å². The van der Waals surface area contributed by atoms with Crippen LogP contribution in [0.5, 0.6) is 5.75 Å². The number of likely N-dealkylation sites (tertiary alicyclic amines) is 1. The van der Waals surface area contributed by atoms with E-state index in [0.717, 1.165) is 29.3 Å². The molecule has 3 atom stereocenters. The largest absolute Gasteiger partial charge is 0.457 e. The van der Waals surface area contributed by atoms with Gasteiger partial charge in [-0.05, 0) is 79.9 Å². The standard InChI is InChI=1S/C31H34N2O5/c1-21(34)37-28-10-6-9-26(18-28)30-15-16-33(3)20-31(30,38-22(2)35)14-13-27(19-30)32-29(36)25-12-11-23-7-4-5-8-24(23)17-25/h4-12,17-18,27H,13-16,19-20H2,1-3H3,(H,32,36)/t27-,30+,31+/m1/s1. The molecular weight excluding hydrogens is 480 g/mol. The molecular formula is C31H34N2O5. The monoisotopic (exact) mass is 514 g/mol. The van der Waals surface area contributed by atoms with E-state index in [0.29, 0.717) is 37.1 Å². The maximum absolute atomic E-state index is 13.4. The molecule has 2 aliphatic rings. The van der Waals surface area contributed by atoms with Crippen molar-refractivity contribution in [2.75, 3.05) is 20.1 Å². The van der Waals surface area contributed by atoms with E-state index in [9.17, 15) is 14.4 Å². The number of nitrogens with zero attached hydrogens (tertiary/aromatic N) is 1. The molecule has 0 aromatic heterocycles. The van der Waals surface area contributed by atoms with Crippen molar-refractivity contribution in [3.05, 3.63) is 77.9 Å². The smallest absolute Gasteiger partial charge is 0.308 e. The van der Waals surface area contributed by atoms with Crippen LogP contribution in [0.25, 0.3) is 10.8 Å². The van der Waals surface area contributed by atoms with E-state index in [1.54, 1.807) is 6.07 Å². The molecule has 1 aliphatic carbocycles. The lowest BCUT2D eigenvalue weighted by atomic mass is 9.55. The molecule has 3 aromatic carbocycles. The van der Waals surface area contributed by atoms with E-state index in [1.165, 1.54) is 13.8 Å². The Morgan fingerprint density at radius 2 is 1.71 bits per heavy atom. The Morgan fingerprint density at radius 3 is 2.47 bits per heavy atom. The second kappa shape index (κ2) is 10.2. The SMILES string of the molecule is CC(=O)Oc1cccc([C@@]23CCN(C)C[C@@]2(OC(C)=O)CC[C@@H](NC(=O)c2ccc4ccccc4c2)C3)c1. The van der Waals surface area contributed by atoms with Crippen molar-refractivity contribution in [1.82, 2.24) is 10.2 Å². The van der Waals surface area contributed by atoms with E-state index >= 15 is 0 Å². The number of amides is 1. The maximum atomic E-state index is 13.4. The first-order chi connectivity index (χ1) is 18.2. The fourth-order valence-corrected chi connectivity index (χ4v) is 6.54. The Hall–Kier alpha value is -3.71. The Balaban J connectivity index is 1.49. The number of piperidine rings is 1. The lowest BCUT2D eigenvalue weighted by Gasteiger charge is -2.59. The second-order valence-corrected chi connectivity index (χ2v) is 10.8. The molecule has 1 heterocycles. The number of carbonyl (C=O) groups is 3. The number of carbonyl (C=O) groups excluding carboxylic acids is 3. The third-order valence-electron chi connectivity index (χ3n) is 8.14. The van der Waals surface area contributed by atoms with Crippen LogP contribution in [-0.4, -0.2) is 54.5 Å². The minimum atomic E-state index is -0.759. The van der Waals surface area contributed by atoms with Crippen LogP contribution in [0.4, 0.5) is 0 Å². The number of esters is 2. The topological polar surface area (TPSA) is 84.9 Å². The molecule has 1 N–H and O–H groups in total. The summed E-state index contributed by atoms with van der Waals surface area (Å²) in [6.45, 7) is 4.24. The summed E-state index contributed by atoms with van der Waals surface area (Å²) >= 11 is 0. The highest BCUT2D eigenvalue weighted by Crippen LogP contribution is 2.54. The van der Waals surface area contributed by atoms with Crippen LogP contribution in [0.2, 0.25) is 0 Å². The zero-order valence-corrected chi connectivity index (χ0v) is 22.2. The van der Waals surface area contributed by atoms with Gasteiger partial charge in [-0.2, -0.15) is 0 Å². The summed E-state index contributed by atoms with van der Waals surface area (Å²) in [5.74, 6) is -0.363. The Bertz CT molecular complexity index is 1390. The summed E-state index contributed by atoms with van der Waals surface area (Å²) < 4.78 is 11.6. The highest BCUT2D eigenvalue weighted by Gasteiger charge is 2.60. The van der Waals surface area contributed by atoms with Gasteiger partial charge in [0.05, 0.1) is 0 Å².